The second-order valence-electron chi connectivity index (χ2n) is 10.2. The molecule has 46 heavy (non-hydrogen) atoms. The van der Waals surface area contributed by atoms with Crippen LogP contribution >= 0.6 is 11.8 Å². The number of halogens is 2. The summed E-state index contributed by atoms with van der Waals surface area (Å²) in [5.74, 6) is -3.32. The number of aliphatic carboxylic acids is 1. The summed E-state index contributed by atoms with van der Waals surface area (Å²) in [4.78, 5) is 22.1. The molecule has 0 aliphatic carbocycles. The molecule has 0 amide bonds. The Labute approximate surface area is 268 Å². The number of thioether (sulfide) groups is 1. The maximum atomic E-state index is 15.9. The summed E-state index contributed by atoms with van der Waals surface area (Å²) < 4.78 is 48.4. The number of amidine groups is 1. The van der Waals surface area contributed by atoms with E-state index in [4.69, 9.17) is 25.1 Å². The maximum Gasteiger partial charge on any atom is 0.320 e. The molecule has 0 bridgehead atoms. The van der Waals surface area contributed by atoms with Crippen molar-refractivity contribution in [3.63, 3.8) is 0 Å². The number of aliphatic imine (C=N–C) groups is 1. The van der Waals surface area contributed by atoms with Crippen LogP contribution in [0.15, 0.2) is 82.8 Å². The summed E-state index contributed by atoms with van der Waals surface area (Å²) in [6.45, 7) is 1.35. The third-order valence-corrected chi connectivity index (χ3v) is 7.92. The van der Waals surface area contributed by atoms with Crippen LogP contribution in [-0.4, -0.2) is 58.7 Å². The van der Waals surface area contributed by atoms with Gasteiger partial charge in [-0.25, -0.2) is 9.37 Å². The minimum Gasteiger partial charge on any atom is -0.485 e. The zero-order valence-electron chi connectivity index (χ0n) is 24.7. The first-order valence-corrected chi connectivity index (χ1v) is 15.1. The van der Waals surface area contributed by atoms with E-state index in [0.29, 0.717) is 30.2 Å². The van der Waals surface area contributed by atoms with E-state index >= 15 is 8.78 Å². The van der Waals surface area contributed by atoms with E-state index < -0.39 is 35.3 Å². The van der Waals surface area contributed by atoms with E-state index in [9.17, 15) is 10.1 Å². The number of likely N-dealkylation sites (N-methyl/N-ethyl adjacent to an activating group) is 1. The van der Waals surface area contributed by atoms with Crippen molar-refractivity contribution in [1.29, 1.82) is 5.26 Å². The van der Waals surface area contributed by atoms with Gasteiger partial charge in [0.25, 0.3) is 5.88 Å². The topological polar surface area (TPSA) is 143 Å². The standard InChI is InChI=1S/C33H29F2N5O5S/c1-40-13-12-38-31(40)23-16-22(46-14-11-25(37)33(41)42)8-10-26(23)44-30-24(34)18-39-32(29(30)35)45-28-15-21(17-36)7-9-27(28)43-19-20-5-3-2-4-6-20/h2-10,15-16,18,25H,11-14,19,37H2,1H3,(H,41,42). The second kappa shape index (κ2) is 14.7. The van der Waals surface area contributed by atoms with Crippen molar-refractivity contribution in [2.24, 2.45) is 10.7 Å². The van der Waals surface area contributed by atoms with Gasteiger partial charge in [-0.1, -0.05) is 30.3 Å². The maximum absolute atomic E-state index is 15.9. The molecule has 236 valence electrons. The highest BCUT2D eigenvalue weighted by Gasteiger charge is 2.25. The quantitative estimate of drug-likeness (QED) is 0.167. The van der Waals surface area contributed by atoms with Crippen LogP contribution in [0, 0.1) is 23.0 Å². The number of hydrogen-bond acceptors (Lipinski definition) is 10. The fourth-order valence-electron chi connectivity index (χ4n) is 4.44. The van der Waals surface area contributed by atoms with Crippen molar-refractivity contribution in [2.75, 3.05) is 25.9 Å². The van der Waals surface area contributed by atoms with Crippen LogP contribution in [0.5, 0.6) is 28.9 Å². The molecule has 1 unspecified atom stereocenters. The molecule has 0 saturated heterocycles. The number of nitrogens with zero attached hydrogens (tertiary/aromatic N) is 4. The van der Waals surface area contributed by atoms with Crippen molar-refractivity contribution in [3.8, 4) is 34.9 Å². The van der Waals surface area contributed by atoms with Crippen LogP contribution in [0.3, 0.4) is 0 Å². The Morgan fingerprint density at radius 3 is 2.61 bits per heavy atom. The van der Waals surface area contributed by atoms with Gasteiger partial charge in [0.05, 0.1) is 29.9 Å². The Balaban J connectivity index is 1.42. The lowest BCUT2D eigenvalue weighted by Gasteiger charge is -2.19. The fraction of sp³-hybridized carbons (Fsp3) is 0.212. The highest BCUT2D eigenvalue weighted by atomic mass is 32.2. The summed E-state index contributed by atoms with van der Waals surface area (Å²) in [5.41, 5.74) is 7.22. The SMILES string of the molecule is CN1CCN=C1c1cc(SCCC(N)C(=O)O)ccc1Oc1c(F)cnc(Oc2cc(C#N)ccc2OCc2ccccc2)c1F. The monoisotopic (exact) mass is 645 g/mol. The number of hydrogen-bond donors (Lipinski definition) is 2. The van der Waals surface area contributed by atoms with Crippen LogP contribution in [-0.2, 0) is 11.4 Å². The lowest BCUT2D eigenvalue weighted by atomic mass is 10.1. The van der Waals surface area contributed by atoms with Crippen molar-refractivity contribution < 1.29 is 32.9 Å². The van der Waals surface area contributed by atoms with Crippen LogP contribution in [0.2, 0.25) is 0 Å². The van der Waals surface area contributed by atoms with Crippen LogP contribution < -0.4 is 19.9 Å². The number of nitriles is 1. The highest BCUT2D eigenvalue weighted by molar-refractivity contribution is 7.99. The number of carbonyl (C=O) groups is 1. The minimum absolute atomic E-state index is 0.00515. The molecule has 0 radical (unpaired) electrons. The Morgan fingerprint density at radius 2 is 1.89 bits per heavy atom. The molecule has 1 aromatic heterocycles. The number of carboxylic acid groups (broad SMARTS) is 1. The third kappa shape index (κ3) is 7.71. The average Bonchev–Trinajstić information content (AvgIpc) is 3.49. The normalized spacial score (nSPS) is 13.1. The number of benzene rings is 3. The van der Waals surface area contributed by atoms with Gasteiger partial charge in [0.15, 0.2) is 17.3 Å². The predicted octanol–water partition coefficient (Wildman–Crippen LogP) is 5.98. The van der Waals surface area contributed by atoms with E-state index in [-0.39, 0.29) is 35.8 Å². The molecular weight excluding hydrogens is 616 g/mol. The molecule has 3 aromatic carbocycles. The van der Waals surface area contributed by atoms with Gasteiger partial charge in [-0.05, 0) is 42.3 Å². The number of rotatable bonds is 13. The van der Waals surface area contributed by atoms with Gasteiger partial charge in [-0.15, -0.1) is 11.8 Å². The van der Waals surface area contributed by atoms with E-state index in [1.807, 2.05) is 48.3 Å². The predicted molar refractivity (Wildman–Crippen MR) is 168 cm³/mol. The van der Waals surface area contributed by atoms with Crippen molar-refractivity contribution in [1.82, 2.24) is 9.88 Å². The third-order valence-electron chi connectivity index (χ3n) is 6.89. The van der Waals surface area contributed by atoms with E-state index in [1.165, 1.54) is 30.0 Å². The molecule has 13 heteroatoms. The van der Waals surface area contributed by atoms with Crippen LogP contribution in [0.25, 0.3) is 0 Å². The molecule has 1 aliphatic rings. The number of aromatic nitrogens is 1. The Hall–Kier alpha value is -5.19. The molecule has 10 nitrogen and oxygen atoms in total. The lowest BCUT2D eigenvalue weighted by molar-refractivity contribution is -0.138. The Bertz CT molecular complexity index is 1800. The summed E-state index contributed by atoms with van der Waals surface area (Å²) >= 11 is 1.39. The van der Waals surface area contributed by atoms with Crippen molar-refractivity contribution in [3.05, 3.63) is 101 Å². The molecule has 1 atom stereocenters. The zero-order chi connectivity index (χ0) is 32.6. The first-order chi connectivity index (χ1) is 22.2. The van der Waals surface area contributed by atoms with Gasteiger partial charge < -0.3 is 30.0 Å². The van der Waals surface area contributed by atoms with Gasteiger partial charge in [0, 0.05) is 30.3 Å². The lowest BCUT2D eigenvalue weighted by Crippen LogP contribution is -2.30. The molecule has 0 spiro atoms. The van der Waals surface area contributed by atoms with Gasteiger partial charge in [-0.2, -0.15) is 9.65 Å². The van der Waals surface area contributed by atoms with Gasteiger partial charge in [0.2, 0.25) is 11.6 Å². The summed E-state index contributed by atoms with van der Waals surface area (Å²) in [5, 5.41) is 18.5. The van der Waals surface area contributed by atoms with Crippen molar-refractivity contribution in [2.45, 2.75) is 24.0 Å². The van der Waals surface area contributed by atoms with E-state index in [1.54, 1.807) is 18.2 Å². The minimum atomic E-state index is -1.20. The van der Waals surface area contributed by atoms with Gasteiger partial charge >= 0.3 is 5.97 Å². The molecule has 2 heterocycles. The first-order valence-electron chi connectivity index (χ1n) is 14.1. The molecule has 4 aromatic rings. The van der Waals surface area contributed by atoms with Gasteiger partial charge in [-0.3, -0.25) is 9.79 Å². The Morgan fingerprint density at radius 1 is 1.11 bits per heavy atom. The number of carboxylic acids is 1. The molecule has 1 aliphatic heterocycles. The number of pyridine rings is 1. The molecule has 5 rings (SSSR count). The van der Waals surface area contributed by atoms with Crippen LogP contribution in [0.1, 0.15) is 23.1 Å². The van der Waals surface area contributed by atoms with E-state index in [2.05, 4.69) is 9.98 Å². The highest BCUT2D eigenvalue weighted by Crippen LogP contribution is 2.39. The number of ether oxygens (including phenoxy) is 3. The second-order valence-corrected chi connectivity index (χ2v) is 11.3. The fourth-order valence-corrected chi connectivity index (χ4v) is 5.41. The molecule has 3 N–H and O–H groups in total. The molecule has 0 fully saturated rings. The van der Waals surface area contributed by atoms with Gasteiger partial charge in [0.1, 0.15) is 24.2 Å². The zero-order valence-corrected chi connectivity index (χ0v) is 25.5. The summed E-state index contributed by atoms with van der Waals surface area (Å²) in [6.07, 6.45) is 1.03. The first kappa shape index (κ1) is 32.2. The van der Waals surface area contributed by atoms with E-state index in [0.717, 1.165) is 16.7 Å². The summed E-state index contributed by atoms with van der Waals surface area (Å²) in [7, 11) is 1.84. The molecular formula is C33H29F2N5O5S. The number of nitrogens with two attached hydrogens (primary N) is 1. The average molecular weight is 646 g/mol. The van der Waals surface area contributed by atoms with Crippen LogP contribution in [0.4, 0.5) is 8.78 Å². The summed E-state index contributed by atoms with van der Waals surface area (Å²) in [6, 6.07) is 19.8. The smallest absolute Gasteiger partial charge is 0.320 e. The largest absolute Gasteiger partial charge is 0.485 e. The molecule has 0 saturated carbocycles. The Kier molecular flexibility index (Phi) is 10.3. The van der Waals surface area contributed by atoms with Crippen molar-refractivity contribution >= 4 is 23.6 Å².